The molecule has 0 aromatic heterocycles. The quantitative estimate of drug-likeness (QED) is 0.847. The molecule has 0 spiro atoms. The van der Waals surface area contributed by atoms with Gasteiger partial charge in [0.15, 0.2) is 0 Å². The predicted molar refractivity (Wildman–Crippen MR) is 82.8 cm³/mol. The van der Waals surface area contributed by atoms with Crippen LogP contribution in [0.15, 0.2) is 24.3 Å². The third kappa shape index (κ3) is 2.98. The van der Waals surface area contributed by atoms with Gasteiger partial charge in [-0.15, -0.1) is 0 Å². The Hall–Kier alpha value is -1.35. The number of fused-ring (bicyclic) bond motifs is 1. The molecule has 0 amide bonds. The Bertz CT molecular complexity index is 528. The van der Waals surface area contributed by atoms with E-state index in [9.17, 15) is 4.79 Å². The number of carbonyl (C=O) groups is 1. The van der Waals surface area contributed by atoms with Crippen LogP contribution in [0.3, 0.4) is 0 Å². The minimum atomic E-state index is -0.774. The topological polar surface area (TPSA) is 52.3 Å². The second kappa shape index (κ2) is 5.80. The molecule has 1 aromatic carbocycles. The largest absolute Gasteiger partial charge is 0.456 e. The van der Waals surface area contributed by atoms with Gasteiger partial charge in [0, 0.05) is 0 Å². The smallest absolute Gasteiger partial charge is 0.326 e. The molecule has 2 aliphatic rings. The monoisotopic (exact) mass is 287 g/mol. The van der Waals surface area contributed by atoms with Gasteiger partial charge in [-0.3, -0.25) is 4.79 Å². The highest BCUT2D eigenvalue weighted by atomic mass is 16.5. The van der Waals surface area contributed by atoms with Gasteiger partial charge in [-0.25, -0.2) is 0 Å². The van der Waals surface area contributed by atoms with Gasteiger partial charge in [0.25, 0.3) is 0 Å². The average Bonchev–Trinajstić information content (AvgIpc) is 2.47. The molecule has 0 aliphatic heterocycles. The molecule has 1 aromatic rings. The normalized spacial score (nSPS) is 32.3. The van der Waals surface area contributed by atoms with Crippen LogP contribution in [0, 0.1) is 5.92 Å². The fourth-order valence-corrected chi connectivity index (χ4v) is 3.86. The summed E-state index contributed by atoms with van der Waals surface area (Å²) >= 11 is 0. The zero-order valence-electron chi connectivity index (χ0n) is 12.8. The lowest BCUT2D eigenvalue weighted by atomic mass is 9.77. The van der Waals surface area contributed by atoms with Gasteiger partial charge >= 0.3 is 5.97 Å². The molecular weight excluding hydrogens is 262 g/mol. The number of esters is 1. The second-order valence-corrected chi connectivity index (χ2v) is 6.84. The maximum atomic E-state index is 12.6. The summed E-state index contributed by atoms with van der Waals surface area (Å²) in [6, 6.07) is 8.29. The summed E-state index contributed by atoms with van der Waals surface area (Å²) in [6.45, 7) is 2.17. The van der Waals surface area contributed by atoms with E-state index in [0.29, 0.717) is 5.92 Å². The van der Waals surface area contributed by atoms with Crippen LogP contribution in [-0.2, 0) is 16.0 Å². The van der Waals surface area contributed by atoms with Gasteiger partial charge in [0.1, 0.15) is 11.6 Å². The van der Waals surface area contributed by atoms with E-state index in [4.69, 9.17) is 10.5 Å². The zero-order chi connectivity index (χ0) is 14.9. The molecule has 0 heterocycles. The van der Waals surface area contributed by atoms with Crippen molar-refractivity contribution in [2.24, 2.45) is 11.7 Å². The lowest BCUT2D eigenvalue weighted by molar-refractivity contribution is -0.159. The van der Waals surface area contributed by atoms with E-state index in [2.05, 4.69) is 25.1 Å². The van der Waals surface area contributed by atoms with Crippen LogP contribution in [0.1, 0.15) is 62.7 Å². The Morgan fingerprint density at radius 1 is 1.29 bits per heavy atom. The van der Waals surface area contributed by atoms with Crippen LogP contribution in [0.4, 0.5) is 0 Å². The Balaban J connectivity index is 1.74. The van der Waals surface area contributed by atoms with E-state index in [0.717, 1.165) is 38.5 Å². The Kier molecular flexibility index (Phi) is 4.03. The summed E-state index contributed by atoms with van der Waals surface area (Å²) in [6.07, 6.45) is 6.64. The van der Waals surface area contributed by atoms with Crippen molar-refractivity contribution in [3.63, 3.8) is 0 Å². The summed E-state index contributed by atoms with van der Waals surface area (Å²) in [5.74, 6) is 0.311. The van der Waals surface area contributed by atoms with Gasteiger partial charge in [-0.05, 0) is 49.1 Å². The number of hydrogen-bond donors (Lipinski definition) is 1. The first-order valence-corrected chi connectivity index (χ1v) is 8.16. The van der Waals surface area contributed by atoms with Gasteiger partial charge in [-0.1, -0.05) is 44.0 Å². The maximum Gasteiger partial charge on any atom is 0.326 e. The summed E-state index contributed by atoms with van der Waals surface area (Å²) in [4.78, 5) is 12.6. The molecule has 3 heteroatoms. The molecule has 3 nitrogen and oxygen atoms in total. The van der Waals surface area contributed by atoms with E-state index in [1.807, 2.05) is 6.07 Å². The van der Waals surface area contributed by atoms with Gasteiger partial charge in [0.2, 0.25) is 0 Å². The third-order valence-electron chi connectivity index (χ3n) is 5.00. The van der Waals surface area contributed by atoms with Crippen LogP contribution in [-0.4, -0.2) is 11.5 Å². The van der Waals surface area contributed by atoms with Crippen molar-refractivity contribution < 1.29 is 9.53 Å². The predicted octanol–water partition coefficient (Wildman–Crippen LogP) is 3.51. The molecule has 2 aliphatic carbocycles. The fourth-order valence-electron chi connectivity index (χ4n) is 3.86. The van der Waals surface area contributed by atoms with E-state index in [1.165, 1.54) is 17.5 Å². The number of carbonyl (C=O) groups excluding carboxylic acids is 1. The zero-order valence-corrected chi connectivity index (χ0v) is 12.8. The van der Waals surface area contributed by atoms with Crippen molar-refractivity contribution in [2.75, 3.05) is 0 Å². The fraction of sp³-hybridized carbons (Fsp3) is 0.611. The lowest BCUT2D eigenvalue weighted by Gasteiger charge is -2.36. The molecule has 0 saturated heterocycles. The summed E-state index contributed by atoms with van der Waals surface area (Å²) < 4.78 is 5.84. The van der Waals surface area contributed by atoms with E-state index in [1.54, 1.807) is 0 Å². The molecule has 114 valence electrons. The molecule has 3 atom stereocenters. The highest BCUT2D eigenvalue weighted by Gasteiger charge is 2.41. The summed E-state index contributed by atoms with van der Waals surface area (Å²) in [5, 5.41) is 0. The van der Waals surface area contributed by atoms with Crippen molar-refractivity contribution in [2.45, 2.75) is 63.5 Å². The Morgan fingerprint density at radius 3 is 2.90 bits per heavy atom. The van der Waals surface area contributed by atoms with E-state index < -0.39 is 5.54 Å². The highest BCUT2D eigenvalue weighted by molar-refractivity contribution is 5.81. The molecule has 2 N–H and O–H groups in total. The molecule has 3 unspecified atom stereocenters. The first-order chi connectivity index (χ1) is 10.1. The molecule has 3 rings (SSSR count). The van der Waals surface area contributed by atoms with Crippen molar-refractivity contribution in [3.05, 3.63) is 35.4 Å². The third-order valence-corrected chi connectivity index (χ3v) is 5.00. The van der Waals surface area contributed by atoms with E-state index in [-0.39, 0.29) is 12.1 Å². The standard InChI is InChI=1S/C18H25NO2/c1-13-6-5-11-18(19,12-13)17(20)21-16-10-4-8-14-7-2-3-9-15(14)16/h2-3,7,9,13,16H,4-6,8,10-12,19H2,1H3. The van der Waals surface area contributed by atoms with Crippen LogP contribution in [0.2, 0.25) is 0 Å². The van der Waals surface area contributed by atoms with Crippen LogP contribution in [0.25, 0.3) is 0 Å². The lowest BCUT2D eigenvalue weighted by Crippen LogP contribution is -2.52. The molecular formula is C18H25NO2. The van der Waals surface area contributed by atoms with Crippen LogP contribution < -0.4 is 5.73 Å². The van der Waals surface area contributed by atoms with Crippen molar-refractivity contribution in [3.8, 4) is 0 Å². The molecule has 1 fully saturated rings. The minimum Gasteiger partial charge on any atom is -0.456 e. The number of nitrogens with two attached hydrogens (primary N) is 1. The molecule has 21 heavy (non-hydrogen) atoms. The Morgan fingerprint density at radius 2 is 2.10 bits per heavy atom. The van der Waals surface area contributed by atoms with Crippen molar-refractivity contribution >= 4 is 5.97 Å². The minimum absolute atomic E-state index is 0.111. The average molecular weight is 287 g/mol. The van der Waals surface area contributed by atoms with Crippen molar-refractivity contribution in [1.29, 1.82) is 0 Å². The van der Waals surface area contributed by atoms with Crippen LogP contribution in [0.5, 0.6) is 0 Å². The van der Waals surface area contributed by atoms with Gasteiger partial charge in [0.05, 0.1) is 0 Å². The Labute approximate surface area is 126 Å². The first-order valence-electron chi connectivity index (χ1n) is 8.16. The number of rotatable bonds is 2. The van der Waals surface area contributed by atoms with Gasteiger partial charge in [-0.2, -0.15) is 0 Å². The highest BCUT2D eigenvalue weighted by Crippen LogP contribution is 2.36. The van der Waals surface area contributed by atoms with Gasteiger partial charge < -0.3 is 10.5 Å². The van der Waals surface area contributed by atoms with Crippen molar-refractivity contribution in [1.82, 2.24) is 0 Å². The second-order valence-electron chi connectivity index (χ2n) is 6.84. The molecule has 0 bridgehead atoms. The molecule has 0 radical (unpaired) electrons. The van der Waals surface area contributed by atoms with E-state index >= 15 is 0 Å². The number of aryl methyl sites for hydroxylation is 1. The SMILES string of the molecule is CC1CCCC(N)(C(=O)OC2CCCc3ccccc32)C1. The first kappa shape index (κ1) is 14.6. The molecule has 1 saturated carbocycles. The summed E-state index contributed by atoms with van der Waals surface area (Å²) in [7, 11) is 0. The number of hydrogen-bond acceptors (Lipinski definition) is 3. The number of benzene rings is 1. The number of ether oxygens (including phenoxy) is 1. The maximum absolute atomic E-state index is 12.6. The van der Waals surface area contributed by atoms with Crippen LogP contribution >= 0.6 is 0 Å². The summed E-state index contributed by atoms with van der Waals surface area (Å²) in [5.41, 5.74) is 8.06.